The van der Waals surface area contributed by atoms with E-state index < -0.39 is 11.8 Å². The topological polar surface area (TPSA) is 60.4 Å². The van der Waals surface area contributed by atoms with E-state index in [0.29, 0.717) is 6.29 Å². The van der Waals surface area contributed by atoms with Crippen LogP contribution in [0.5, 0.6) is 0 Å². The number of ketones is 1. The van der Waals surface area contributed by atoms with E-state index in [1.807, 2.05) is 0 Å². The zero-order valence-corrected chi connectivity index (χ0v) is 6.33. The lowest BCUT2D eigenvalue weighted by Gasteiger charge is -1.97. The largest absolute Gasteiger partial charge is 0.460 e. The maximum Gasteiger partial charge on any atom is 0.374 e. The van der Waals surface area contributed by atoms with E-state index in [4.69, 9.17) is 0 Å². The average molecular weight is 158 g/mol. The highest BCUT2D eigenvalue weighted by Crippen LogP contribution is 1.90. The Morgan fingerprint density at radius 3 is 2.55 bits per heavy atom. The van der Waals surface area contributed by atoms with Gasteiger partial charge in [0.05, 0.1) is 6.61 Å². The number of carbonyl (C=O) groups is 3. The molecule has 0 aliphatic heterocycles. The molecule has 0 amide bonds. The van der Waals surface area contributed by atoms with Crippen molar-refractivity contribution < 1.29 is 19.1 Å². The molecule has 0 atom stereocenters. The summed E-state index contributed by atoms with van der Waals surface area (Å²) in [6, 6.07) is 0. The number of aldehydes is 1. The summed E-state index contributed by atoms with van der Waals surface area (Å²) in [5.74, 6) is -1.49. The predicted molar refractivity (Wildman–Crippen MR) is 36.9 cm³/mol. The summed E-state index contributed by atoms with van der Waals surface area (Å²) in [6.07, 6.45) is 0.622. The van der Waals surface area contributed by atoms with Crippen molar-refractivity contribution >= 4 is 18.0 Å². The highest BCUT2D eigenvalue weighted by atomic mass is 16.5. The SMILES string of the molecule is CCOC(=O)C(=O)CCC=O. The summed E-state index contributed by atoms with van der Waals surface area (Å²) in [4.78, 5) is 31.0. The zero-order valence-electron chi connectivity index (χ0n) is 6.33. The Labute approximate surface area is 64.5 Å². The lowest BCUT2D eigenvalue weighted by atomic mass is 10.2. The third-order valence-electron chi connectivity index (χ3n) is 0.992. The van der Waals surface area contributed by atoms with Crippen molar-refractivity contribution in [1.29, 1.82) is 0 Å². The van der Waals surface area contributed by atoms with Gasteiger partial charge in [0, 0.05) is 12.8 Å². The van der Waals surface area contributed by atoms with Crippen molar-refractivity contribution in [3.63, 3.8) is 0 Å². The van der Waals surface area contributed by atoms with Crippen LogP contribution in [-0.4, -0.2) is 24.6 Å². The molecule has 0 radical (unpaired) electrons. The Morgan fingerprint density at radius 1 is 1.45 bits per heavy atom. The van der Waals surface area contributed by atoms with Crippen molar-refractivity contribution in [3.8, 4) is 0 Å². The van der Waals surface area contributed by atoms with E-state index >= 15 is 0 Å². The van der Waals surface area contributed by atoms with Gasteiger partial charge >= 0.3 is 5.97 Å². The summed E-state index contributed by atoms with van der Waals surface area (Å²) >= 11 is 0. The van der Waals surface area contributed by atoms with Crippen LogP contribution in [0.2, 0.25) is 0 Å². The fourth-order valence-electron chi connectivity index (χ4n) is 0.504. The molecule has 0 aromatic heterocycles. The maximum atomic E-state index is 10.7. The molecule has 0 bridgehead atoms. The normalized spacial score (nSPS) is 8.82. The minimum Gasteiger partial charge on any atom is -0.460 e. The fourth-order valence-corrected chi connectivity index (χ4v) is 0.504. The van der Waals surface area contributed by atoms with Gasteiger partial charge in [-0.3, -0.25) is 4.79 Å². The quantitative estimate of drug-likeness (QED) is 0.323. The molecule has 0 saturated heterocycles. The summed E-state index contributed by atoms with van der Waals surface area (Å²) in [7, 11) is 0. The van der Waals surface area contributed by atoms with Crippen LogP contribution >= 0.6 is 0 Å². The molecule has 0 heterocycles. The molecule has 0 saturated carbocycles. The van der Waals surface area contributed by atoms with E-state index in [-0.39, 0.29) is 19.4 Å². The van der Waals surface area contributed by atoms with E-state index in [1.54, 1.807) is 6.92 Å². The molecule has 4 heteroatoms. The Morgan fingerprint density at radius 2 is 2.09 bits per heavy atom. The number of ether oxygens (including phenoxy) is 1. The second kappa shape index (κ2) is 5.58. The molecular formula is C7H10O4. The summed E-state index contributed by atoms with van der Waals surface area (Å²) < 4.78 is 4.40. The molecule has 62 valence electrons. The van der Waals surface area contributed by atoms with Gasteiger partial charge in [-0.2, -0.15) is 0 Å². The van der Waals surface area contributed by atoms with Crippen LogP contribution < -0.4 is 0 Å². The van der Waals surface area contributed by atoms with Crippen molar-refractivity contribution in [2.75, 3.05) is 6.61 Å². The standard InChI is InChI=1S/C7H10O4/c1-2-11-7(10)6(9)4-3-5-8/h5H,2-4H2,1H3. The van der Waals surface area contributed by atoms with E-state index in [0.717, 1.165) is 0 Å². The minimum absolute atomic E-state index is 0.0532. The molecule has 0 fully saturated rings. The monoisotopic (exact) mass is 158 g/mol. The van der Waals surface area contributed by atoms with Gasteiger partial charge in [-0.25, -0.2) is 4.79 Å². The van der Waals surface area contributed by atoms with Gasteiger partial charge in [-0.1, -0.05) is 0 Å². The molecule has 0 aromatic rings. The summed E-state index contributed by atoms with van der Waals surface area (Å²) in [5.41, 5.74) is 0. The van der Waals surface area contributed by atoms with Gasteiger partial charge in [-0.05, 0) is 6.92 Å². The van der Waals surface area contributed by atoms with Gasteiger partial charge in [0.1, 0.15) is 6.29 Å². The molecule has 0 aromatic carbocycles. The molecule has 0 aliphatic carbocycles. The first kappa shape index (κ1) is 9.81. The molecule has 0 unspecified atom stereocenters. The highest BCUT2D eigenvalue weighted by molar-refractivity contribution is 6.33. The van der Waals surface area contributed by atoms with E-state index in [2.05, 4.69) is 4.74 Å². The van der Waals surface area contributed by atoms with Gasteiger partial charge in [-0.15, -0.1) is 0 Å². The fraction of sp³-hybridized carbons (Fsp3) is 0.571. The van der Waals surface area contributed by atoms with Gasteiger partial charge < -0.3 is 9.53 Å². The Balaban J connectivity index is 3.64. The highest BCUT2D eigenvalue weighted by Gasteiger charge is 2.12. The molecule has 11 heavy (non-hydrogen) atoms. The van der Waals surface area contributed by atoms with Crippen LogP contribution in [0.4, 0.5) is 0 Å². The van der Waals surface area contributed by atoms with Crippen LogP contribution in [0.1, 0.15) is 19.8 Å². The molecular weight excluding hydrogens is 148 g/mol. The Kier molecular flexibility index (Phi) is 4.98. The number of rotatable bonds is 5. The first-order valence-electron chi connectivity index (χ1n) is 3.36. The third-order valence-corrected chi connectivity index (χ3v) is 0.992. The third kappa shape index (κ3) is 4.25. The van der Waals surface area contributed by atoms with Crippen LogP contribution in [0.25, 0.3) is 0 Å². The Hall–Kier alpha value is -1.19. The van der Waals surface area contributed by atoms with Gasteiger partial charge in [0.25, 0.3) is 0 Å². The van der Waals surface area contributed by atoms with Gasteiger partial charge in [0.2, 0.25) is 5.78 Å². The number of hydrogen-bond acceptors (Lipinski definition) is 4. The summed E-state index contributed by atoms with van der Waals surface area (Å²) in [6.45, 7) is 1.80. The minimum atomic E-state index is -0.852. The van der Waals surface area contributed by atoms with Crippen LogP contribution in [0, 0.1) is 0 Å². The second-order valence-electron chi connectivity index (χ2n) is 1.85. The number of Topliss-reactive ketones (excluding diaryl/α,β-unsaturated/α-hetero) is 1. The maximum absolute atomic E-state index is 10.7. The second-order valence-corrected chi connectivity index (χ2v) is 1.85. The van der Waals surface area contributed by atoms with Crippen LogP contribution in [-0.2, 0) is 19.1 Å². The molecule has 4 nitrogen and oxygen atoms in total. The summed E-state index contributed by atoms with van der Waals surface area (Å²) in [5, 5.41) is 0. The molecule has 0 aliphatic rings. The van der Waals surface area contributed by atoms with Crippen molar-refractivity contribution in [2.24, 2.45) is 0 Å². The smallest absolute Gasteiger partial charge is 0.374 e. The number of carbonyl (C=O) groups excluding carboxylic acids is 3. The van der Waals surface area contributed by atoms with Crippen LogP contribution in [0.15, 0.2) is 0 Å². The van der Waals surface area contributed by atoms with Gasteiger partial charge in [0.15, 0.2) is 0 Å². The molecule has 0 rings (SSSR count). The van der Waals surface area contributed by atoms with Crippen molar-refractivity contribution in [1.82, 2.24) is 0 Å². The predicted octanol–water partition coefficient (Wildman–Crippen LogP) is 0.0977. The number of esters is 1. The first-order chi connectivity index (χ1) is 5.22. The lowest BCUT2D eigenvalue weighted by molar-refractivity contribution is -0.153. The molecule has 0 spiro atoms. The molecule has 0 N–H and O–H groups in total. The van der Waals surface area contributed by atoms with Crippen LogP contribution in [0.3, 0.4) is 0 Å². The Bertz CT molecular complexity index is 162. The van der Waals surface area contributed by atoms with E-state index in [9.17, 15) is 14.4 Å². The zero-order chi connectivity index (χ0) is 8.69. The lowest BCUT2D eigenvalue weighted by Crippen LogP contribution is -2.16. The van der Waals surface area contributed by atoms with Crippen molar-refractivity contribution in [3.05, 3.63) is 0 Å². The number of hydrogen-bond donors (Lipinski definition) is 0. The van der Waals surface area contributed by atoms with Crippen molar-refractivity contribution in [2.45, 2.75) is 19.8 Å². The first-order valence-corrected chi connectivity index (χ1v) is 3.36. The average Bonchev–Trinajstić information content (AvgIpc) is 2.00. The van der Waals surface area contributed by atoms with E-state index in [1.165, 1.54) is 0 Å².